The van der Waals surface area contributed by atoms with E-state index >= 15 is 0 Å². The van der Waals surface area contributed by atoms with Gasteiger partial charge < -0.3 is 9.47 Å². The van der Waals surface area contributed by atoms with Crippen molar-refractivity contribution in [2.24, 2.45) is 0 Å². The van der Waals surface area contributed by atoms with Gasteiger partial charge in [-0.05, 0) is 12.1 Å². The first-order valence-corrected chi connectivity index (χ1v) is 3.96. The fourth-order valence-electron chi connectivity index (χ4n) is 1.06. The molecule has 0 amide bonds. The number of rotatable bonds is 2. The zero-order chi connectivity index (χ0) is 10.6. The van der Waals surface area contributed by atoms with Crippen LogP contribution >= 0.6 is 0 Å². The Bertz CT molecular complexity index is 327. The minimum atomic E-state index is -0.550. The average Bonchev–Trinajstić information content (AvgIpc) is 2.27. The molecule has 75 valence electrons. The summed E-state index contributed by atoms with van der Waals surface area (Å²) in [7, 11) is 2.52. The molecule has 0 bridgehead atoms. The van der Waals surface area contributed by atoms with Crippen LogP contribution in [0.15, 0.2) is 24.3 Å². The molecule has 0 aliphatic heterocycles. The van der Waals surface area contributed by atoms with Crippen molar-refractivity contribution in [1.82, 2.24) is 0 Å². The van der Waals surface area contributed by atoms with Gasteiger partial charge in [-0.25, -0.2) is 9.59 Å². The Balaban J connectivity index is 0.00000196. The third-order valence-electron chi connectivity index (χ3n) is 1.74. The second-order valence-electron chi connectivity index (χ2n) is 2.53. The Morgan fingerprint density at radius 2 is 1.27 bits per heavy atom. The van der Waals surface area contributed by atoms with Crippen LogP contribution in [-0.4, -0.2) is 77.5 Å². The van der Waals surface area contributed by atoms with E-state index in [0.29, 0.717) is 0 Å². The van der Waals surface area contributed by atoms with E-state index in [1.54, 1.807) is 12.1 Å². The molecule has 0 aliphatic rings. The number of hydrogen-bond donors (Lipinski definition) is 0. The topological polar surface area (TPSA) is 52.6 Å². The zero-order valence-electron chi connectivity index (χ0n) is 8.94. The van der Waals surface area contributed by atoms with Gasteiger partial charge in [0.2, 0.25) is 0 Å². The molecule has 0 unspecified atom stereocenters. The molecule has 4 nitrogen and oxygen atoms in total. The number of carbonyl (C=O) groups excluding carboxylic acids is 2. The first-order chi connectivity index (χ1) is 6.70. The number of hydrogen-bond acceptors (Lipinski definition) is 4. The van der Waals surface area contributed by atoms with Gasteiger partial charge in [-0.2, -0.15) is 0 Å². The summed E-state index contributed by atoms with van der Waals surface area (Å²) in [5.41, 5.74) is 0.420. The molecule has 0 saturated heterocycles. The van der Waals surface area contributed by atoms with Gasteiger partial charge in [0, 0.05) is 51.4 Å². The second kappa shape index (κ2) is 7.13. The Morgan fingerprint density at radius 1 is 0.933 bits per heavy atom. The van der Waals surface area contributed by atoms with Crippen molar-refractivity contribution in [3.05, 3.63) is 35.4 Å². The molecule has 0 atom stereocenters. The summed E-state index contributed by atoms with van der Waals surface area (Å²) in [6.45, 7) is 0. The van der Waals surface area contributed by atoms with Crippen LogP contribution in [0.4, 0.5) is 0 Å². The van der Waals surface area contributed by atoms with Gasteiger partial charge in [0.25, 0.3) is 0 Å². The quantitative estimate of drug-likeness (QED) is 0.562. The molecule has 1 aromatic carbocycles. The maximum Gasteiger partial charge on any atom is 0.338 e. The molecule has 0 aliphatic carbocycles. The predicted molar refractivity (Wildman–Crippen MR) is 54.9 cm³/mol. The van der Waals surface area contributed by atoms with Gasteiger partial charge in [-0.1, -0.05) is 12.1 Å². The smallest absolute Gasteiger partial charge is 0.338 e. The van der Waals surface area contributed by atoms with Crippen molar-refractivity contribution >= 4 is 63.3 Å². The fraction of sp³-hybridized carbons (Fsp3) is 0.200. The van der Waals surface area contributed by atoms with Crippen molar-refractivity contribution in [1.29, 1.82) is 0 Å². The van der Waals surface area contributed by atoms with Gasteiger partial charge in [-0.3, -0.25) is 0 Å². The SMILES string of the molecule is COC(=O)c1ccccc1C(=O)OC.[K]. The van der Waals surface area contributed by atoms with Gasteiger partial charge in [0.1, 0.15) is 0 Å². The van der Waals surface area contributed by atoms with Crippen LogP contribution in [0.25, 0.3) is 0 Å². The molecule has 0 spiro atoms. The first-order valence-electron chi connectivity index (χ1n) is 3.96. The molecule has 0 heterocycles. The number of benzene rings is 1. The van der Waals surface area contributed by atoms with Crippen LogP contribution in [0.5, 0.6) is 0 Å². The van der Waals surface area contributed by atoms with Crippen molar-refractivity contribution in [2.45, 2.75) is 0 Å². The minimum Gasteiger partial charge on any atom is -0.465 e. The molecule has 15 heavy (non-hydrogen) atoms. The molecule has 1 radical (unpaired) electrons. The summed E-state index contributed by atoms with van der Waals surface area (Å²) in [5.74, 6) is -1.10. The summed E-state index contributed by atoms with van der Waals surface area (Å²) in [6, 6.07) is 6.33. The Morgan fingerprint density at radius 3 is 1.53 bits per heavy atom. The third-order valence-corrected chi connectivity index (χ3v) is 1.74. The van der Waals surface area contributed by atoms with Crippen LogP contribution in [0.2, 0.25) is 0 Å². The van der Waals surface area contributed by atoms with Crippen LogP contribution in [-0.2, 0) is 9.47 Å². The van der Waals surface area contributed by atoms with E-state index in [0.717, 1.165) is 0 Å². The van der Waals surface area contributed by atoms with E-state index in [1.807, 2.05) is 0 Å². The van der Waals surface area contributed by atoms with E-state index < -0.39 is 11.9 Å². The van der Waals surface area contributed by atoms with Gasteiger partial charge in [-0.15, -0.1) is 0 Å². The number of esters is 2. The van der Waals surface area contributed by atoms with E-state index in [2.05, 4.69) is 9.47 Å². The molecule has 0 fully saturated rings. The maximum absolute atomic E-state index is 11.2. The summed E-state index contributed by atoms with van der Waals surface area (Å²) in [5, 5.41) is 0. The molecule has 0 N–H and O–H groups in total. The van der Waals surface area contributed by atoms with Gasteiger partial charge in [0.15, 0.2) is 0 Å². The Hall–Kier alpha value is -0.204. The minimum absolute atomic E-state index is 0. The summed E-state index contributed by atoms with van der Waals surface area (Å²) in [4.78, 5) is 22.4. The van der Waals surface area contributed by atoms with Gasteiger partial charge >= 0.3 is 11.9 Å². The van der Waals surface area contributed by atoms with E-state index in [9.17, 15) is 9.59 Å². The van der Waals surface area contributed by atoms with Crippen LogP contribution in [0.3, 0.4) is 0 Å². The normalized spacial score (nSPS) is 8.67. The zero-order valence-corrected chi connectivity index (χ0v) is 12.1. The second-order valence-corrected chi connectivity index (χ2v) is 2.53. The molecular formula is C10H10KO4. The standard InChI is InChI=1S/C10H10O4.K/c1-13-9(11)7-5-3-4-6-8(7)10(12)14-2;/h3-6H,1-2H3;. The van der Waals surface area contributed by atoms with Crippen molar-refractivity contribution in [2.75, 3.05) is 14.2 Å². The monoisotopic (exact) mass is 233 g/mol. The molecule has 0 aromatic heterocycles. The van der Waals surface area contributed by atoms with Crippen molar-refractivity contribution in [3.8, 4) is 0 Å². The largest absolute Gasteiger partial charge is 0.465 e. The van der Waals surface area contributed by atoms with Crippen LogP contribution in [0, 0.1) is 0 Å². The number of ether oxygens (including phenoxy) is 2. The van der Waals surface area contributed by atoms with Crippen LogP contribution < -0.4 is 0 Å². The summed E-state index contributed by atoms with van der Waals surface area (Å²) < 4.78 is 9.05. The number of carbonyl (C=O) groups is 2. The van der Waals surface area contributed by atoms with E-state index in [-0.39, 0.29) is 62.5 Å². The van der Waals surface area contributed by atoms with Crippen molar-refractivity contribution in [3.63, 3.8) is 0 Å². The molecule has 5 heteroatoms. The fourth-order valence-corrected chi connectivity index (χ4v) is 1.06. The molecular weight excluding hydrogens is 223 g/mol. The third kappa shape index (κ3) is 3.69. The molecule has 1 rings (SSSR count). The van der Waals surface area contributed by atoms with Crippen molar-refractivity contribution < 1.29 is 19.1 Å². The Kier molecular flexibility index (Phi) is 7.04. The maximum atomic E-state index is 11.2. The summed E-state index contributed by atoms with van der Waals surface area (Å²) in [6.07, 6.45) is 0. The first kappa shape index (κ1) is 14.8. The number of methoxy groups -OCH3 is 2. The average molecular weight is 233 g/mol. The van der Waals surface area contributed by atoms with Crippen LogP contribution in [0.1, 0.15) is 20.7 Å². The molecule has 0 saturated carbocycles. The van der Waals surface area contributed by atoms with E-state index in [1.165, 1.54) is 26.4 Å². The predicted octanol–water partition coefficient (Wildman–Crippen LogP) is 0.879. The summed E-state index contributed by atoms with van der Waals surface area (Å²) >= 11 is 0. The van der Waals surface area contributed by atoms with Gasteiger partial charge in [0.05, 0.1) is 25.3 Å². The van der Waals surface area contributed by atoms with E-state index in [4.69, 9.17) is 0 Å². The Labute approximate surface area is 130 Å². The molecule has 1 aromatic rings.